The smallest absolute Gasteiger partial charge is 0.242 e. The molecule has 10 heteroatoms. The summed E-state index contributed by atoms with van der Waals surface area (Å²) in [6, 6.07) is 20.2. The molecule has 0 bridgehead atoms. The average molecular weight is 557 g/mol. The van der Waals surface area contributed by atoms with Crippen LogP contribution in [-0.2, 0) is 10.0 Å². The summed E-state index contributed by atoms with van der Waals surface area (Å²) in [5.74, 6) is 0. The van der Waals surface area contributed by atoms with Crippen molar-refractivity contribution in [2.45, 2.75) is 11.8 Å². The molecular weight excluding hydrogens is 534 g/mol. The number of thiazole rings is 1. The lowest BCUT2D eigenvalue weighted by Crippen LogP contribution is -2.22. The molecule has 4 aromatic rings. The number of benzene rings is 2. The average Bonchev–Trinajstić information content (AvgIpc) is 3.22. The molecule has 0 N–H and O–H groups in total. The van der Waals surface area contributed by atoms with Crippen molar-refractivity contribution in [2.24, 2.45) is 10.1 Å². The maximum atomic E-state index is 12.6. The Kier molecular flexibility index (Phi) is 7.22. The van der Waals surface area contributed by atoms with Gasteiger partial charge in [-0.25, -0.2) is 22.4 Å². The molecule has 174 valence electrons. The van der Waals surface area contributed by atoms with Crippen LogP contribution in [0.2, 0.25) is 0 Å². The van der Waals surface area contributed by atoms with E-state index in [0.29, 0.717) is 10.5 Å². The minimum absolute atomic E-state index is 0.183. The summed E-state index contributed by atoms with van der Waals surface area (Å²) in [5, 5.41) is 6.82. The van der Waals surface area contributed by atoms with Gasteiger partial charge in [-0.15, -0.1) is 11.3 Å². The van der Waals surface area contributed by atoms with E-state index in [4.69, 9.17) is 10.1 Å². The zero-order valence-corrected chi connectivity index (χ0v) is 22.0. The molecule has 0 unspecified atom stereocenters. The Labute approximate surface area is 211 Å². The van der Waals surface area contributed by atoms with Gasteiger partial charge in [-0.1, -0.05) is 40.2 Å². The standard InChI is InChI=1S/C24H22BrN5O2S2/c1-17(22-9-4-5-14-26-22)28-30-23(18-10-12-19(25)13-11-18)16-33-24(30)27-20-7-6-8-21(15-20)34(31,32)29(2)3/h4-16H,1-3H3/b27-24?,28-17-. The number of hydrogen-bond acceptors (Lipinski definition) is 6. The summed E-state index contributed by atoms with van der Waals surface area (Å²) in [6.07, 6.45) is 1.73. The van der Waals surface area contributed by atoms with Crippen LogP contribution < -0.4 is 4.80 Å². The summed E-state index contributed by atoms with van der Waals surface area (Å²) in [6.45, 7) is 1.90. The molecule has 7 nitrogen and oxygen atoms in total. The van der Waals surface area contributed by atoms with Gasteiger partial charge in [0.2, 0.25) is 14.8 Å². The van der Waals surface area contributed by atoms with Crippen molar-refractivity contribution in [1.29, 1.82) is 0 Å². The fourth-order valence-corrected chi connectivity index (χ4v) is 5.16. The second kappa shape index (κ2) is 10.1. The van der Waals surface area contributed by atoms with Gasteiger partial charge in [0.05, 0.1) is 27.7 Å². The maximum Gasteiger partial charge on any atom is 0.242 e. The lowest BCUT2D eigenvalue weighted by atomic mass is 10.2. The first kappa shape index (κ1) is 24.2. The highest BCUT2D eigenvalue weighted by molar-refractivity contribution is 9.10. The van der Waals surface area contributed by atoms with E-state index in [1.54, 1.807) is 35.1 Å². The minimum Gasteiger partial charge on any atom is -0.255 e. The molecule has 2 heterocycles. The zero-order chi connectivity index (χ0) is 24.3. The number of sulfonamides is 1. The van der Waals surface area contributed by atoms with Crippen LogP contribution in [0, 0.1) is 0 Å². The molecule has 0 aliphatic heterocycles. The van der Waals surface area contributed by atoms with Gasteiger partial charge in [0.15, 0.2) is 0 Å². The Bertz CT molecular complexity index is 1510. The van der Waals surface area contributed by atoms with Gasteiger partial charge in [0.1, 0.15) is 0 Å². The number of rotatable bonds is 6. The maximum absolute atomic E-state index is 12.6. The highest BCUT2D eigenvalue weighted by atomic mass is 79.9. The predicted octanol–water partition coefficient (Wildman–Crippen LogP) is 5.13. The fourth-order valence-electron chi connectivity index (χ4n) is 3.11. The first-order chi connectivity index (χ1) is 16.3. The van der Waals surface area contributed by atoms with Crippen molar-refractivity contribution in [3.63, 3.8) is 0 Å². The van der Waals surface area contributed by atoms with E-state index in [-0.39, 0.29) is 4.90 Å². The molecule has 0 radical (unpaired) electrons. The third kappa shape index (κ3) is 5.25. The van der Waals surface area contributed by atoms with E-state index in [1.807, 2.05) is 54.8 Å². The van der Waals surface area contributed by atoms with Gasteiger partial charge >= 0.3 is 0 Å². The largest absolute Gasteiger partial charge is 0.255 e. The molecule has 0 saturated heterocycles. The van der Waals surface area contributed by atoms with Crippen molar-refractivity contribution in [2.75, 3.05) is 14.1 Å². The molecule has 0 aliphatic rings. The summed E-state index contributed by atoms with van der Waals surface area (Å²) in [7, 11) is -0.557. The SMILES string of the molecule is C/C(=N/n1c(-c2ccc(Br)cc2)csc1=Nc1cccc(S(=O)(=O)N(C)C)c1)c1ccccn1. The van der Waals surface area contributed by atoms with Crippen LogP contribution in [0.4, 0.5) is 5.69 Å². The molecule has 2 aromatic carbocycles. The second-order valence-corrected chi connectivity index (χ2v) is 11.4. The van der Waals surface area contributed by atoms with Gasteiger partial charge in [-0.2, -0.15) is 5.10 Å². The highest BCUT2D eigenvalue weighted by Crippen LogP contribution is 2.24. The van der Waals surface area contributed by atoms with Gasteiger partial charge in [-0.3, -0.25) is 4.98 Å². The lowest BCUT2D eigenvalue weighted by Gasteiger charge is -2.11. The van der Waals surface area contributed by atoms with Crippen molar-refractivity contribution in [3.05, 3.63) is 93.3 Å². The molecule has 34 heavy (non-hydrogen) atoms. The Balaban J connectivity index is 1.89. The summed E-state index contributed by atoms with van der Waals surface area (Å²) in [4.78, 5) is 9.93. The molecule has 0 spiro atoms. The normalized spacial score (nSPS) is 13.0. The van der Waals surface area contributed by atoms with Gasteiger partial charge < -0.3 is 0 Å². The van der Waals surface area contributed by atoms with E-state index in [1.165, 1.54) is 29.7 Å². The number of hydrogen-bond donors (Lipinski definition) is 0. The third-order valence-corrected chi connectivity index (χ3v) is 8.09. The minimum atomic E-state index is -3.57. The van der Waals surface area contributed by atoms with Gasteiger partial charge in [-0.05, 0) is 49.4 Å². The van der Waals surface area contributed by atoms with Crippen molar-refractivity contribution >= 4 is 48.7 Å². The van der Waals surface area contributed by atoms with Crippen LogP contribution in [0.3, 0.4) is 0 Å². The van der Waals surface area contributed by atoms with Crippen LogP contribution in [0.1, 0.15) is 12.6 Å². The second-order valence-electron chi connectivity index (χ2n) is 7.52. The highest BCUT2D eigenvalue weighted by Gasteiger charge is 2.17. The van der Waals surface area contributed by atoms with Crippen molar-refractivity contribution in [3.8, 4) is 11.3 Å². The molecule has 0 aliphatic carbocycles. The first-order valence-corrected chi connectivity index (χ1v) is 13.4. The van der Waals surface area contributed by atoms with E-state index >= 15 is 0 Å². The molecule has 2 aromatic heterocycles. The number of nitrogens with zero attached hydrogens (tertiary/aromatic N) is 5. The summed E-state index contributed by atoms with van der Waals surface area (Å²) >= 11 is 4.90. The van der Waals surface area contributed by atoms with Crippen LogP contribution in [-0.4, -0.2) is 42.2 Å². The Hall–Kier alpha value is -2.92. The predicted molar refractivity (Wildman–Crippen MR) is 140 cm³/mol. The molecule has 0 atom stereocenters. The summed E-state index contributed by atoms with van der Waals surface area (Å²) < 4.78 is 29.1. The first-order valence-electron chi connectivity index (χ1n) is 10.3. The molecular formula is C24H22BrN5O2S2. The van der Waals surface area contributed by atoms with Crippen molar-refractivity contribution < 1.29 is 8.42 Å². The van der Waals surface area contributed by atoms with Crippen LogP contribution in [0.15, 0.2) is 97.8 Å². The van der Waals surface area contributed by atoms with E-state index < -0.39 is 10.0 Å². The number of aromatic nitrogens is 2. The molecule has 0 amide bonds. The van der Waals surface area contributed by atoms with Gasteiger partial charge in [0.25, 0.3) is 0 Å². The van der Waals surface area contributed by atoms with E-state index in [2.05, 4.69) is 20.9 Å². The third-order valence-electron chi connectivity index (χ3n) is 4.93. The molecule has 4 rings (SSSR count). The Morgan fingerprint density at radius 2 is 1.82 bits per heavy atom. The van der Waals surface area contributed by atoms with Crippen LogP contribution in [0.5, 0.6) is 0 Å². The topological polar surface area (TPSA) is 79.9 Å². The monoisotopic (exact) mass is 555 g/mol. The van der Waals surface area contributed by atoms with Crippen molar-refractivity contribution in [1.82, 2.24) is 14.0 Å². The Morgan fingerprint density at radius 3 is 2.50 bits per heavy atom. The molecule has 0 fully saturated rings. The fraction of sp³-hybridized carbons (Fsp3) is 0.125. The molecule has 0 saturated carbocycles. The lowest BCUT2D eigenvalue weighted by molar-refractivity contribution is 0.521. The van der Waals surface area contributed by atoms with E-state index in [9.17, 15) is 8.42 Å². The van der Waals surface area contributed by atoms with Gasteiger partial charge in [0, 0.05) is 35.7 Å². The zero-order valence-electron chi connectivity index (χ0n) is 18.8. The number of pyridine rings is 1. The summed E-state index contributed by atoms with van der Waals surface area (Å²) in [5.41, 5.74) is 3.84. The van der Waals surface area contributed by atoms with Crippen LogP contribution >= 0.6 is 27.3 Å². The number of halogens is 1. The Morgan fingerprint density at radius 1 is 1.06 bits per heavy atom. The van der Waals surface area contributed by atoms with Crippen LogP contribution in [0.25, 0.3) is 11.3 Å². The van der Waals surface area contributed by atoms with E-state index in [0.717, 1.165) is 27.1 Å². The quantitative estimate of drug-likeness (QED) is 0.309.